The standard InChI is InChI=1S/C25H24ClNO5/c1-4-31-23-12-9-17(14-18(23)15-32-19-10-11-21(26)16(2)13-19)24(28)27-22-8-6-5-7-20(22)25(29)30-3/h5-14H,4,15H2,1-3H3,(H,27,28). The Balaban J connectivity index is 1.82. The van der Waals surface area contributed by atoms with Crippen LogP contribution in [0, 0.1) is 6.92 Å². The Kier molecular flexibility index (Phi) is 7.73. The number of amides is 1. The van der Waals surface area contributed by atoms with Gasteiger partial charge in [-0.3, -0.25) is 4.79 Å². The van der Waals surface area contributed by atoms with Crippen LogP contribution in [-0.4, -0.2) is 25.6 Å². The molecule has 32 heavy (non-hydrogen) atoms. The Morgan fingerprint density at radius 2 is 1.78 bits per heavy atom. The normalized spacial score (nSPS) is 10.4. The van der Waals surface area contributed by atoms with Gasteiger partial charge in [0.15, 0.2) is 0 Å². The van der Waals surface area contributed by atoms with Gasteiger partial charge in [0.05, 0.1) is 25.0 Å². The summed E-state index contributed by atoms with van der Waals surface area (Å²) in [4.78, 5) is 24.9. The van der Waals surface area contributed by atoms with Crippen LogP contribution in [0.2, 0.25) is 5.02 Å². The summed E-state index contributed by atoms with van der Waals surface area (Å²) in [6.07, 6.45) is 0. The Labute approximate surface area is 192 Å². The summed E-state index contributed by atoms with van der Waals surface area (Å²) >= 11 is 6.08. The van der Waals surface area contributed by atoms with Crippen molar-refractivity contribution in [3.63, 3.8) is 0 Å². The first-order valence-corrected chi connectivity index (χ1v) is 10.4. The number of carbonyl (C=O) groups excluding carboxylic acids is 2. The number of hydrogen-bond donors (Lipinski definition) is 1. The van der Waals surface area contributed by atoms with Gasteiger partial charge in [0.2, 0.25) is 0 Å². The molecule has 0 saturated carbocycles. The molecule has 0 aliphatic rings. The quantitative estimate of drug-likeness (QED) is 0.445. The number of anilines is 1. The molecule has 0 fully saturated rings. The Bertz CT molecular complexity index is 1130. The van der Waals surface area contributed by atoms with Crippen LogP contribution in [0.25, 0.3) is 0 Å². The molecule has 6 nitrogen and oxygen atoms in total. The van der Waals surface area contributed by atoms with Crippen LogP contribution >= 0.6 is 11.6 Å². The molecule has 3 rings (SSSR count). The average Bonchev–Trinajstić information content (AvgIpc) is 2.80. The monoisotopic (exact) mass is 453 g/mol. The zero-order valence-corrected chi connectivity index (χ0v) is 18.9. The highest BCUT2D eigenvalue weighted by molar-refractivity contribution is 6.31. The Hall–Kier alpha value is -3.51. The van der Waals surface area contributed by atoms with Crippen LogP contribution in [0.15, 0.2) is 60.7 Å². The highest BCUT2D eigenvalue weighted by Gasteiger charge is 2.16. The van der Waals surface area contributed by atoms with Crippen molar-refractivity contribution in [2.75, 3.05) is 19.0 Å². The molecule has 0 radical (unpaired) electrons. The van der Waals surface area contributed by atoms with E-state index in [4.69, 9.17) is 25.8 Å². The van der Waals surface area contributed by atoms with E-state index in [1.54, 1.807) is 54.6 Å². The van der Waals surface area contributed by atoms with Gasteiger partial charge in [0.25, 0.3) is 5.91 Å². The lowest BCUT2D eigenvalue weighted by atomic mass is 10.1. The number of aryl methyl sites for hydroxylation is 1. The number of rotatable bonds is 8. The summed E-state index contributed by atoms with van der Waals surface area (Å²) in [5.41, 5.74) is 2.67. The molecule has 0 atom stereocenters. The molecule has 0 aromatic heterocycles. The molecule has 0 spiro atoms. The third-order valence-corrected chi connectivity index (χ3v) is 5.15. The maximum absolute atomic E-state index is 12.9. The number of esters is 1. The second kappa shape index (κ2) is 10.7. The lowest BCUT2D eigenvalue weighted by molar-refractivity contribution is 0.0602. The molecule has 1 N–H and O–H groups in total. The lowest BCUT2D eigenvalue weighted by Gasteiger charge is -2.14. The van der Waals surface area contributed by atoms with E-state index in [1.807, 2.05) is 19.9 Å². The van der Waals surface area contributed by atoms with Gasteiger partial charge in [0.1, 0.15) is 18.1 Å². The van der Waals surface area contributed by atoms with Gasteiger partial charge in [-0.15, -0.1) is 0 Å². The van der Waals surface area contributed by atoms with Crippen LogP contribution in [0.3, 0.4) is 0 Å². The molecule has 3 aromatic rings. The molecule has 0 aliphatic carbocycles. The molecule has 0 saturated heterocycles. The van der Waals surface area contributed by atoms with Gasteiger partial charge >= 0.3 is 5.97 Å². The van der Waals surface area contributed by atoms with E-state index in [2.05, 4.69) is 5.32 Å². The summed E-state index contributed by atoms with van der Waals surface area (Å²) in [7, 11) is 1.29. The van der Waals surface area contributed by atoms with E-state index in [1.165, 1.54) is 7.11 Å². The van der Waals surface area contributed by atoms with Crippen LogP contribution in [0.4, 0.5) is 5.69 Å². The van der Waals surface area contributed by atoms with Gasteiger partial charge in [-0.25, -0.2) is 4.79 Å². The Morgan fingerprint density at radius 1 is 1.00 bits per heavy atom. The van der Waals surface area contributed by atoms with Crippen molar-refractivity contribution in [3.05, 3.63) is 87.9 Å². The number of halogens is 1. The number of hydrogen-bond acceptors (Lipinski definition) is 5. The average molecular weight is 454 g/mol. The molecule has 0 unspecified atom stereocenters. The van der Waals surface area contributed by atoms with Crippen molar-refractivity contribution in [2.24, 2.45) is 0 Å². The number of methoxy groups -OCH3 is 1. The summed E-state index contributed by atoms with van der Waals surface area (Å²) < 4.78 is 16.4. The molecule has 166 valence electrons. The fourth-order valence-electron chi connectivity index (χ4n) is 3.07. The van der Waals surface area contributed by atoms with Crippen LogP contribution in [0.5, 0.6) is 11.5 Å². The van der Waals surface area contributed by atoms with E-state index >= 15 is 0 Å². The zero-order chi connectivity index (χ0) is 23.1. The van der Waals surface area contributed by atoms with Crippen molar-refractivity contribution in [1.82, 2.24) is 0 Å². The van der Waals surface area contributed by atoms with Crippen LogP contribution in [-0.2, 0) is 11.3 Å². The molecular formula is C25H24ClNO5. The molecule has 1 amide bonds. The van der Waals surface area contributed by atoms with Crippen LogP contribution in [0.1, 0.15) is 38.8 Å². The predicted molar refractivity (Wildman–Crippen MR) is 124 cm³/mol. The minimum atomic E-state index is -0.528. The largest absolute Gasteiger partial charge is 0.493 e. The highest BCUT2D eigenvalue weighted by atomic mass is 35.5. The van der Waals surface area contributed by atoms with Gasteiger partial charge in [-0.2, -0.15) is 0 Å². The summed E-state index contributed by atoms with van der Waals surface area (Å²) in [5, 5.41) is 3.44. The first-order chi connectivity index (χ1) is 15.4. The predicted octanol–water partition coefficient (Wildman–Crippen LogP) is 5.67. The topological polar surface area (TPSA) is 73.9 Å². The van der Waals surface area contributed by atoms with Gasteiger partial charge in [-0.05, 0) is 67.9 Å². The molecular weight excluding hydrogens is 430 g/mol. The maximum Gasteiger partial charge on any atom is 0.339 e. The molecule has 0 heterocycles. The third kappa shape index (κ3) is 5.59. The molecule has 3 aromatic carbocycles. The van der Waals surface area contributed by atoms with Crippen molar-refractivity contribution < 1.29 is 23.8 Å². The second-order valence-electron chi connectivity index (χ2n) is 6.95. The third-order valence-electron chi connectivity index (χ3n) is 4.73. The lowest BCUT2D eigenvalue weighted by Crippen LogP contribution is -2.16. The number of para-hydroxylation sites is 1. The fraction of sp³-hybridized carbons (Fsp3) is 0.200. The van der Waals surface area contributed by atoms with E-state index in [0.29, 0.717) is 39.9 Å². The minimum Gasteiger partial charge on any atom is -0.493 e. The van der Waals surface area contributed by atoms with E-state index < -0.39 is 5.97 Å². The zero-order valence-electron chi connectivity index (χ0n) is 18.1. The number of nitrogens with one attached hydrogen (secondary N) is 1. The van der Waals surface area contributed by atoms with E-state index in [-0.39, 0.29) is 18.1 Å². The number of benzene rings is 3. The summed E-state index contributed by atoms with van der Waals surface area (Å²) in [6, 6.07) is 17.2. The fourth-order valence-corrected chi connectivity index (χ4v) is 3.19. The summed E-state index contributed by atoms with van der Waals surface area (Å²) in [5.74, 6) is 0.397. The van der Waals surface area contributed by atoms with Crippen LogP contribution < -0.4 is 14.8 Å². The highest BCUT2D eigenvalue weighted by Crippen LogP contribution is 2.26. The van der Waals surface area contributed by atoms with Crippen molar-refractivity contribution in [1.29, 1.82) is 0 Å². The molecule has 7 heteroatoms. The molecule has 0 aliphatic heterocycles. The molecule has 0 bridgehead atoms. The number of carbonyl (C=O) groups is 2. The van der Waals surface area contributed by atoms with E-state index in [9.17, 15) is 9.59 Å². The minimum absolute atomic E-state index is 0.205. The van der Waals surface area contributed by atoms with Crippen molar-refractivity contribution >= 4 is 29.2 Å². The van der Waals surface area contributed by atoms with Crippen molar-refractivity contribution in [3.8, 4) is 11.5 Å². The first kappa shape index (κ1) is 23.2. The van der Waals surface area contributed by atoms with Gasteiger partial charge < -0.3 is 19.5 Å². The number of ether oxygens (including phenoxy) is 3. The van der Waals surface area contributed by atoms with Crippen molar-refractivity contribution in [2.45, 2.75) is 20.5 Å². The first-order valence-electron chi connectivity index (χ1n) is 10.1. The Morgan fingerprint density at radius 3 is 2.50 bits per heavy atom. The maximum atomic E-state index is 12.9. The summed E-state index contributed by atoms with van der Waals surface area (Å²) in [6.45, 7) is 4.47. The SMILES string of the molecule is CCOc1ccc(C(=O)Nc2ccccc2C(=O)OC)cc1COc1ccc(Cl)c(C)c1. The second-order valence-corrected chi connectivity index (χ2v) is 7.35. The van der Waals surface area contributed by atoms with Gasteiger partial charge in [-0.1, -0.05) is 23.7 Å². The van der Waals surface area contributed by atoms with E-state index in [0.717, 1.165) is 5.56 Å². The smallest absolute Gasteiger partial charge is 0.339 e. The van der Waals surface area contributed by atoms with Gasteiger partial charge in [0, 0.05) is 16.1 Å².